The van der Waals surface area contributed by atoms with Crippen LogP contribution in [0.4, 0.5) is 5.69 Å². The number of anilines is 1. The molecule has 19 heavy (non-hydrogen) atoms. The smallest absolute Gasteiger partial charge is 0.0484 e. The van der Waals surface area contributed by atoms with E-state index in [-0.39, 0.29) is 0 Å². The van der Waals surface area contributed by atoms with Crippen molar-refractivity contribution in [3.05, 3.63) is 30.0 Å². The van der Waals surface area contributed by atoms with Crippen LogP contribution in [0.1, 0.15) is 12.6 Å². The number of nitrogens with two attached hydrogens (primary N) is 1. The zero-order valence-corrected chi connectivity index (χ0v) is 11.5. The summed E-state index contributed by atoms with van der Waals surface area (Å²) in [7, 11) is 0. The first-order valence-corrected chi connectivity index (χ1v) is 7.08. The van der Waals surface area contributed by atoms with Crippen molar-refractivity contribution in [2.45, 2.75) is 20.0 Å². The first kappa shape index (κ1) is 12.5. The second kappa shape index (κ2) is 5.23. The van der Waals surface area contributed by atoms with Crippen molar-refractivity contribution in [2.24, 2.45) is 0 Å². The van der Waals surface area contributed by atoms with Crippen molar-refractivity contribution in [3.8, 4) is 0 Å². The molecule has 1 aliphatic rings. The van der Waals surface area contributed by atoms with E-state index in [0.29, 0.717) is 0 Å². The van der Waals surface area contributed by atoms with Crippen LogP contribution < -0.4 is 11.1 Å². The first-order valence-electron chi connectivity index (χ1n) is 7.08. The lowest BCUT2D eigenvalue weighted by molar-refractivity contribution is 0.228. The van der Waals surface area contributed by atoms with E-state index in [1.165, 1.54) is 16.6 Å². The number of benzene rings is 1. The van der Waals surface area contributed by atoms with Gasteiger partial charge in [-0.2, -0.15) is 0 Å². The molecule has 1 aliphatic heterocycles. The molecule has 0 aliphatic carbocycles. The highest BCUT2D eigenvalue weighted by molar-refractivity contribution is 5.84. The van der Waals surface area contributed by atoms with Gasteiger partial charge in [-0.1, -0.05) is 0 Å². The summed E-state index contributed by atoms with van der Waals surface area (Å²) in [6.45, 7) is 8.70. The van der Waals surface area contributed by atoms with E-state index in [1.54, 1.807) is 0 Å². The summed E-state index contributed by atoms with van der Waals surface area (Å²) in [5, 5.41) is 4.65. The average molecular weight is 258 g/mol. The van der Waals surface area contributed by atoms with Gasteiger partial charge in [0.25, 0.3) is 0 Å². The number of hydrogen-bond donors (Lipinski definition) is 2. The predicted octanol–water partition coefficient (Wildman–Crippen LogP) is 1.65. The van der Waals surface area contributed by atoms with Crippen LogP contribution in [0.3, 0.4) is 0 Å². The third-order valence-corrected chi connectivity index (χ3v) is 3.92. The Hall–Kier alpha value is -1.52. The summed E-state index contributed by atoms with van der Waals surface area (Å²) >= 11 is 0. The number of hydrogen-bond acceptors (Lipinski definition) is 3. The van der Waals surface area contributed by atoms with Crippen molar-refractivity contribution in [1.82, 2.24) is 14.8 Å². The monoisotopic (exact) mass is 258 g/mol. The van der Waals surface area contributed by atoms with Gasteiger partial charge in [0, 0.05) is 61.6 Å². The molecule has 0 spiro atoms. The fourth-order valence-corrected chi connectivity index (χ4v) is 2.95. The molecule has 3 rings (SSSR count). The molecular formula is C15H22N4. The maximum atomic E-state index is 5.88. The topological polar surface area (TPSA) is 46.2 Å². The first-order chi connectivity index (χ1) is 9.28. The minimum Gasteiger partial charge on any atom is -0.399 e. The molecule has 1 saturated heterocycles. The Morgan fingerprint density at radius 2 is 2.00 bits per heavy atom. The Morgan fingerprint density at radius 1 is 1.21 bits per heavy atom. The molecule has 1 aromatic heterocycles. The van der Waals surface area contributed by atoms with Crippen LogP contribution in [-0.2, 0) is 13.1 Å². The number of piperazine rings is 1. The van der Waals surface area contributed by atoms with Crippen LogP contribution in [0.15, 0.2) is 24.3 Å². The van der Waals surface area contributed by atoms with Gasteiger partial charge >= 0.3 is 0 Å². The van der Waals surface area contributed by atoms with Crippen LogP contribution in [-0.4, -0.2) is 35.6 Å². The lowest BCUT2D eigenvalue weighted by Gasteiger charge is -2.27. The van der Waals surface area contributed by atoms with Crippen LogP contribution in [0.2, 0.25) is 0 Å². The van der Waals surface area contributed by atoms with Crippen LogP contribution in [0.5, 0.6) is 0 Å². The van der Waals surface area contributed by atoms with Gasteiger partial charge in [0.15, 0.2) is 0 Å². The van der Waals surface area contributed by atoms with Crippen molar-refractivity contribution in [1.29, 1.82) is 0 Å². The largest absolute Gasteiger partial charge is 0.399 e. The molecule has 0 radical (unpaired) electrons. The minimum atomic E-state index is 0.842. The van der Waals surface area contributed by atoms with E-state index in [4.69, 9.17) is 5.73 Å². The third kappa shape index (κ3) is 2.46. The molecule has 4 heteroatoms. The summed E-state index contributed by atoms with van der Waals surface area (Å²) < 4.78 is 2.40. The molecule has 0 amide bonds. The summed E-state index contributed by atoms with van der Waals surface area (Å²) in [5.74, 6) is 0. The second-order valence-corrected chi connectivity index (χ2v) is 5.22. The summed E-state index contributed by atoms with van der Waals surface area (Å²) in [6, 6.07) is 8.48. The Balaban J connectivity index is 1.93. The highest BCUT2D eigenvalue weighted by atomic mass is 15.2. The molecule has 3 N–H and O–H groups in total. The summed E-state index contributed by atoms with van der Waals surface area (Å²) in [4.78, 5) is 2.51. The van der Waals surface area contributed by atoms with Gasteiger partial charge in [-0.05, 0) is 31.2 Å². The zero-order valence-electron chi connectivity index (χ0n) is 11.5. The molecule has 2 heterocycles. The molecule has 102 valence electrons. The van der Waals surface area contributed by atoms with Crippen molar-refractivity contribution in [2.75, 3.05) is 31.9 Å². The maximum absolute atomic E-state index is 5.88. The van der Waals surface area contributed by atoms with Crippen LogP contribution >= 0.6 is 0 Å². The Bertz CT molecular complexity index is 567. The molecule has 0 unspecified atom stereocenters. The molecule has 0 atom stereocenters. The quantitative estimate of drug-likeness (QED) is 0.823. The Labute approximate surface area is 114 Å². The van der Waals surface area contributed by atoms with Gasteiger partial charge in [-0.15, -0.1) is 0 Å². The normalized spacial score (nSPS) is 17.1. The molecule has 1 fully saturated rings. The summed E-state index contributed by atoms with van der Waals surface area (Å²) in [6.07, 6.45) is 0. The van der Waals surface area contributed by atoms with E-state index >= 15 is 0 Å². The van der Waals surface area contributed by atoms with Gasteiger partial charge in [-0.25, -0.2) is 0 Å². The van der Waals surface area contributed by atoms with Crippen LogP contribution in [0, 0.1) is 0 Å². The zero-order chi connectivity index (χ0) is 13.2. The standard InChI is InChI=1S/C15H22N4/c1-2-19-14(11-18-7-5-17-6-8-18)10-12-9-13(16)3-4-15(12)19/h3-4,9-10,17H,2,5-8,11,16H2,1H3. The average Bonchev–Trinajstić information content (AvgIpc) is 2.76. The number of rotatable bonds is 3. The fraction of sp³-hybridized carbons (Fsp3) is 0.467. The molecule has 1 aromatic carbocycles. The minimum absolute atomic E-state index is 0.842. The van der Waals surface area contributed by atoms with Crippen molar-refractivity contribution < 1.29 is 0 Å². The third-order valence-electron chi connectivity index (χ3n) is 3.92. The predicted molar refractivity (Wildman–Crippen MR) is 80.2 cm³/mol. The number of fused-ring (bicyclic) bond motifs is 1. The van der Waals surface area contributed by atoms with E-state index < -0.39 is 0 Å². The van der Waals surface area contributed by atoms with Gasteiger partial charge in [0.05, 0.1) is 0 Å². The highest BCUT2D eigenvalue weighted by Gasteiger charge is 2.14. The molecule has 0 saturated carbocycles. The number of nitrogen functional groups attached to an aromatic ring is 1. The van der Waals surface area contributed by atoms with Crippen molar-refractivity contribution >= 4 is 16.6 Å². The van der Waals surface area contributed by atoms with Crippen molar-refractivity contribution in [3.63, 3.8) is 0 Å². The molecule has 0 bridgehead atoms. The second-order valence-electron chi connectivity index (χ2n) is 5.22. The van der Waals surface area contributed by atoms with Gasteiger partial charge in [0.1, 0.15) is 0 Å². The van der Waals surface area contributed by atoms with Crippen LogP contribution in [0.25, 0.3) is 10.9 Å². The van der Waals surface area contributed by atoms with E-state index in [1.807, 2.05) is 6.07 Å². The molecular weight excluding hydrogens is 236 g/mol. The SMILES string of the molecule is CCn1c(CN2CCNCC2)cc2cc(N)ccc21. The van der Waals surface area contributed by atoms with Gasteiger partial charge < -0.3 is 15.6 Å². The lowest BCUT2D eigenvalue weighted by Crippen LogP contribution is -2.43. The Morgan fingerprint density at radius 3 is 2.74 bits per heavy atom. The maximum Gasteiger partial charge on any atom is 0.0484 e. The Kier molecular flexibility index (Phi) is 3.44. The van der Waals surface area contributed by atoms with Gasteiger partial charge in [0.2, 0.25) is 0 Å². The molecule has 4 nitrogen and oxygen atoms in total. The number of nitrogens with one attached hydrogen (secondary N) is 1. The number of nitrogens with zero attached hydrogens (tertiary/aromatic N) is 2. The highest BCUT2D eigenvalue weighted by Crippen LogP contribution is 2.23. The van der Waals surface area contributed by atoms with E-state index in [0.717, 1.165) is 45.0 Å². The lowest BCUT2D eigenvalue weighted by atomic mass is 10.2. The van der Waals surface area contributed by atoms with E-state index in [9.17, 15) is 0 Å². The number of aromatic nitrogens is 1. The number of aryl methyl sites for hydroxylation is 1. The molecule has 2 aromatic rings. The summed E-state index contributed by atoms with van der Waals surface area (Å²) in [5.41, 5.74) is 9.41. The van der Waals surface area contributed by atoms with E-state index in [2.05, 4.69) is 39.9 Å². The fourth-order valence-electron chi connectivity index (χ4n) is 2.95. The van der Waals surface area contributed by atoms with Gasteiger partial charge in [-0.3, -0.25) is 4.90 Å².